The maximum atomic E-state index is 11.9. The van der Waals surface area contributed by atoms with Gasteiger partial charge in [-0.1, -0.05) is 27.7 Å². The van der Waals surface area contributed by atoms with E-state index in [1.807, 2.05) is 0 Å². The predicted octanol–water partition coefficient (Wildman–Crippen LogP) is 2.41. The van der Waals surface area contributed by atoms with E-state index in [1.54, 1.807) is 0 Å². The van der Waals surface area contributed by atoms with Gasteiger partial charge in [0.15, 0.2) is 0 Å². The molecule has 1 rings (SSSR count). The Hall–Kier alpha value is -0.570. The quantitative estimate of drug-likeness (QED) is 0.749. The van der Waals surface area contributed by atoms with Crippen molar-refractivity contribution in [1.82, 2.24) is 10.2 Å². The standard InChI is InChI=1S/C14H28N2O/c1-12(2)15-9-5-10-16-11-8-14(3,4)7-6-13(16)17/h12,15H,5-11H2,1-4H3. The Morgan fingerprint density at radius 1 is 1.35 bits per heavy atom. The molecule has 0 spiro atoms. The second-order valence-corrected chi connectivity index (χ2v) is 6.26. The Kier molecular flexibility index (Phi) is 5.44. The van der Waals surface area contributed by atoms with E-state index in [4.69, 9.17) is 0 Å². The Labute approximate surface area is 106 Å². The minimum atomic E-state index is 0.334. The first-order valence-electron chi connectivity index (χ1n) is 6.92. The molecule has 100 valence electrons. The van der Waals surface area contributed by atoms with Gasteiger partial charge in [0, 0.05) is 25.6 Å². The van der Waals surface area contributed by atoms with Crippen LogP contribution in [0.1, 0.15) is 53.4 Å². The van der Waals surface area contributed by atoms with Gasteiger partial charge < -0.3 is 10.2 Å². The third-order valence-electron chi connectivity index (χ3n) is 3.58. The lowest BCUT2D eigenvalue weighted by Crippen LogP contribution is -2.34. The van der Waals surface area contributed by atoms with Crippen molar-refractivity contribution in [3.63, 3.8) is 0 Å². The molecule has 0 aliphatic carbocycles. The van der Waals surface area contributed by atoms with Gasteiger partial charge >= 0.3 is 0 Å². The van der Waals surface area contributed by atoms with E-state index >= 15 is 0 Å². The molecule has 0 aromatic heterocycles. The zero-order chi connectivity index (χ0) is 12.9. The van der Waals surface area contributed by atoms with Gasteiger partial charge in [0.05, 0.1) is 0 Å². The van der Waals surface area contributed by atoms with Crippen molar-refractivity contribution in [2.75, 3.05) is 19.6 Å². The third-order valence-corrected chi connectivity index (χ3v) is 3.58. The zero-order valence-electron chi connectivity index (χ0n) is 11.9. The normalized spacial score (nSPS) is 20.8. The maximum absolute atomic E-state index is 11.9. The summed E-state index contributed by atoms with van der Waals surface area (Å²) in [4.78, 5) is 14.0. The molecule has 17 heavy (non-hydrogen) atoms. The lowest BCUT2D eigenvalue weighted by atomic mass is 9.85. The highest BCUT2D eigenvalue weighted by atomic mass is 16.2. The zero-order valence-corrected chi connectivity index (χ0v) is 11.9. The van der Waals surface area contributed by atoms with Gasteiger partial charge in [-0.05, 0) is 31.2 Å². The summed E-state index contributed by atoms with van der Waals surface area (Å²) in [5, 5.41) is 3.39. The molecule has 0 radical (unpaired) electrons. The second-order valence-electron chi connectivity index (χ2n) is 6.26. The lowest BCUT2D eigenvalue weighted by Gasteiger charge is -2.23. The van der Waals surface area contributed by atoms with Gasteiger partial charge in [0.2, 0.25) is 5.91 Å². The molecule has 1 aliphatic heterocycles. The van der Waals surface area contributed by atoms with Gasteiger partial charge in [-0.15, -0.1) is 0 Å². The molecule has 0 aromatic rings. The van der Waals surface area contributed by atoms with E-state index in [2.05, 4.69) is 37.9 Å². The van der Waals surface area contributed by atoms with Crippen molar-refractivity contribution in [1.29, 1.82) is 0 Å². The predicted molar refractivity (Wildman–Crippen MR) is 72.0 cm³/mol. The Bertz CT molecular complexity index is 249. The van der Waals surface area contributed by atoms with Gasteiger partial charge in [-0.3, -0.25) is 4.79 Å². The molecular weight excluding hydrogens is 212 g/mol. The van der Waals surface area contributed by atoms with Crippen LogP contribution in [0.3, 0.4) is 0 Å². The van der Waals surface area contributed by atoms with Crippen LogP contribution in [0.2, 0.25) is 0 Å². The fourth-order valence-corrected chi connectivity index (χ4v) is 2.19. The van der Waals surface area contributed by atoms with Crippen LogP contribution in [0.25, 0.3) is 0 Å². The highest BCUT2D eigenvalue weighted by molar-refractivity contribution is 5.76. The van der Waals surface area contributed by atoms with Crippen LogP contribution in [0, 0.1) is 5.41 Å². The lowest BCUT2D eigenvalue weighted by molar-refractivity contribution is -0.130. The minimum absolute atomic E-state index is 0.334. The van der Waals surface area contributed by atoms with Crippen LogP contribution in [-0.4, -0.2) is 36.5 Å². The van der Waals surface area contributed by atoms with Gasteiger partial charge in [-0.25, -0.2) is 0 Å². The largest absolute Gasteiger partial charge is 0.343 e. The van der Waals surface area contributed by atoms with Crippen LogP contribution in [0.4, 0.5) is 0 Å². The van der Waals surface area contributed by atoms with Crippen molar-refractivity contribution < 1.29 is 4.79 Å². The molecule has 1 aliphatic rings. The van der Waals surface area contributed by atoms with E-state index in [0.29, 0.717) is 17.4 Å². The number of rotatable bonds is 5. The average Bonchev–Trinajstić information content (AvgIpc) is 2.36. The van der Waals surface area contributed by atoms with Gasteiger partial charge in [0.25, 0.3) is 0 Å². The smallest absolute Gasteiger partial charge is 0.222 e. The second kappa shape index (κ2) is 6.39. The molecule has 0 bridgehead atoms. The minimum Gasteiger partial charge on any atom is -0.343 e. The number of carbonyl (C=O) groups excluding carboxylic acids is 1. The Morgan fingerprint density at radius 2 is 2.06 bits per heavy atom. The van der Waals surface area contributed by atoms with Crippen molar-refractivity contribution in [3.05, 3.63) is 0 Å². The number of hydrogen-bond acceptors (Lipinski definition) is 2. The number of amides is 1. The summed E-state index contributed by atoms with van der Waals surface area (Å²) in [5.74, 6) is 0.347. The summed E-state index contributed by atoms with van der Waals surface area (Å²) in [6, 6.07) is 0.536. The molecule has 0 aromatic carbocycles. The van der Waals surface area contributed by atoms with Crippen molar-refractivity contribution >= 4 is 5.91 Å². The molecule has 1 saturated heterocycles. The Morgan fingerprint density at radius 3 is 2.71 bits per heavy atom. The summed E-state index contributed by atoms with van der Waals surface area (Å²) in [6.07, 6.45) is 3.96. The van der Waals surface area contributed by atoms with Crippen molar-refractivity contribution in [2.24, 2.45) is 5.41 Å². The van der Waals surface area contributed by atoms with Gasteiger partial charge in [-0.2, -0.15) is 0 Å². The molecule has 1 N–H and O–H groups in total. The van der Waals surface area contributed by atoms with E-state index in [-0.39, 0.29) is 0 Å². The van der Waals surface area contributed by atoms with Crippen LogP contribution >= 0.6 is 0 Å². The average molecular weight is 240 g/mol. The molecule has 3 nitrogen and oxygen atoms in total. The molecule has 0 unspecified atom stereocenters. The van der Waals surface area contributed by atoms with Gasteiger partial charge in [0.1, 0.15) is 0 Å². The SMILES string of the molecule is CC(C)NCCCN1CCC(C)(C)CCC1=O. The fraction of sp³-hybridized carbons (Fsp3) is 0.929. The van der Waals surface area contributed by atoms with Crippen LogP contribution in [0.15, 0.2) is 0 Å². The topological polar surface area (TPSA) is 32.3 Å². The summed E-state index contributed by atoms with van der Waals surface area (Å²) >= 11 is 0. The summed E-state index contributed by atoms with van der Waals surface area (Å²) < 4.78 is 0. The highest BCUT2D eigenvalue weighted by Gasteiger charge is 2.26. The Balaban J connectivity index is 2.30. The van der Waals surface area contributed by atoms with E-state index in [0.717, 1.165) is 45.3 Å². The number of hydrogen-bond donors (Lipinski definition) is 1. The monoisotopic (exact) mass is 240 g/mol. The highest BCUT2D eigenvalue weighted by Crippen LogP contribution is 2.30. The first-order chi connectivity index (χ1) is 7.91. The maximum Gasteiger partial charge on any atom is 0.222 e. The summed E-state index contributed by atoms with van der Waals surface area (Å²) in [7, 11) is 0. The number of carbonyl (C=O) groups is 1. The summed E-state index contributed by atoms with van der Waals surface area (Å²) in [5.41, 5.74) is 0.334. The molecule has 1 fully saturated rings. The fourth-order valence-electron chi connectivity index (χ4n) is 2.19. The van der Waals surface area contributed by atoms with Crippen LogP contribution in [0.5, 0.6) is 0 Å². The first-order valence-corrected chi connectivity index (χ1v) is 6.92. The molecular formula is C14H28N2O. The van der Waals surface area contributed by atoms with E-state index in [1.165, 1.54) is 0 Å². The molecule has 3 heteroatoms. The van der Waals surface area contributed by atoms with Crippen LogP contribution in [-0.2, 0) is 4.79 Å². The third kappa shape index (κ3) is 5.53. The van der Waals surface area contributed by atoms with E-state index < -0.39 is 0 Å². The molecule has 1 amide bonds. The van der Waals surface area contributed by atoms with E-state index in [9.17, 15) is 4.79 Å². The molecule has 0 saturated carbocycles. The number of nitrogens with one attached hydrogen (secondary N) is 1. The summed E-state index contributed by atoms with van der Waals surface area (Å²) in [6.45, 7) is 11.7. The van der Waals surface area contributed by atoms with Crippen molar-refractivity contribution in [2.45, 2.75) is 59.4 Å². The van der Waals surface area contributed by atoms with Crippen molar-refractivity contribution in [3.8, 4) is 0 Å². The molecule has 0 atom stereocenters. The first kappa shape index (κ1) is 14.5. The molecule has 1 heterocycles. The number of nitrogens with zero attached hydrogens (tertiary/aromatic N) is 1. The number of likely N-dealkylation sites (tertiary alicyclic amines) is 1. The van der Waals surface area contributed by atoms with Crippen LogP contribution < -0.4 is 5.32 Å².